The summed E-state index contributed by atoms with van der Waals surface area (Å²) in [7, 11) is -0.918. The first-order valence-corrected chi connectivity index (χ1v) is 12.9. The van der Waals surface area contributed by atoms with Crippen molar-refractivity contribution in [3.05, 3.63) is 83.2 Å². The quantitative estimate of drug-likeness (QED) is 0.487. The van der Waals surface area contributed by atoms with Gasteiger partial charge in [-0.1, -0.05) is 98.3 Å². The molecule has 0 heterocycles. The summed E-state index contributed by atoms with van der Waals surface area (Å²) < 4.78 is 0. The van der Waals surface area contributed by atoms with Crippen LogP contribution in [0, 0.1) is 0 Å². The fraction of sp³-hybridized carbons (Fsp3) is 0.200. The highest BCUT2D eigenvalue weighted by molar-refractivity contribution is 6.65. The molecular formula is C20H24Si2. The highest BCUT2D eigenvalue weighted by Gasteiger charge is 2.12. The van der Waals surface area contributed by atoms with Crippen molar-refractivity contribution in [1.82, 2.24) is 0 Å². The Morgan fingerprint density at radius 2 is 0.909 bits per heavy atom. The van der Waals surface area contributed by atoms with Crippen molar-refractivity contribution in [1.29, 1.82) is 0 Å². The molecule has 2 rings (SSSR count). The van der Waals surface area contributed by atoms with Crippen molar-refractivity contribution in [2.24, 2.45) is 0 Å². The molecule has 0 amide bonds. The normalized spacial score (nSPS) is 13.0. The van der Waals surface area contributed by atoms with Crippen LogP contribution < -0.4 is 0 Å². The average Bonchev–Trinajstić information content (AvgIpc) is 2.52. The Hall–Kier alpha value is -1.65. The van der Waals surface area contributed by atoms with Crippen LogP contribution >= 0.6 is 0 Å². The van der Waals surface area contributed by atoms with Crippen molar-refractivity contribution >= 4 is 28.7 Å². The maximum Gasteiger partial charge on any atom is 0.0701 e. The zero-order chi connectivity index (χ0) is 15.9. The molecule has 0 bridgehead atoms. The molecule has 0 fully saturated rings. The van der Waals surface area contributed by atoms with E-state index in [2.05, 4.69) is 98.3 Å². The van der Waals surface area contributed by atoms with Gasteiger partial charge in [-0.2, -0.15) is 0 Å². The molecule has 0 aliphatic rings. The molecule has 0 saturated carbocycles. The Morgan fingerprint density at radius 1 is 0.591 bits per heavy atom. The van der Waals surface area contributed by atoms with E-state index in [9.17, 15) is 0 Å². The van der Waals surface area contributed by atoms with Crippen LogP contribution in [0.4, 0.5) is 0 Å². The fourth-order valence-corrected chi connectivity index (χ4v) is 4.24. The summed E-state index contributed by atoms with van der Waals surface area (Å²) in [4.78, 5) is 0. The zero-order valence-electron chi connectivity index (χ0n) is 13.9. The number of hydrogen-bond acceptors (Lipinski definition) is 0. The predicted octanol–water partition coefficient (Wildman–Crippen LogP) is 5.74. The first-order chi connectivity index (χ1) is 10.6. The number of rotatable bonds is 5. The minimum atomic E-state index is -0.459. The van der Waals surface area contributed by atoms with E-state index in [-0.39, 0.29) is 0 Å². The predicted molar refractivity (Wildman–Crippen MR) is 104 cm³/mol. The Balaban J connectivity index is 2.60. The van der Waals surface area contributed by atoms with E-state index in [1.165, 1.54) is 22.3 Å². The van der Waals surface area contributed by atoms with Crippen LogP contribution in [0.1, 0.15) is 11.1 Å². The second-order valence-corrected chi connectivity index (χ2v) is 10.9. The molecule has 0 spiro atoms. The van der Waals surface area contributed by atoms with Gasteiger partial charge in [-0.25, -0.2) is 0 Å². The van der Waals surface area contributed by atoms with E-state index >= 15 is 0 Å². The molecule has 0 atom stereocenters. The van der Waals surface area contributed by atoms with E-state index in [0.29, 0.717) is 0 Å². The lowest BCUT2D eigenvalue weighted by atomic mass is 9.95. The van der Waals surface area contributed by atoms with E-state index in [4.69, 9.17) is 0 Å². The van der Waals surface area contributed by atoms with Gasteiger partial charge < -0.3 is 0 Å². The van der Waals surface area contributed by atoms with Gasteiger partial charge in [0.2, 0.25) is 0 Å². The van der Waals surface area contributed by atoms with E-state index in [1.807, 2.05) is 0 Å². The van der Waals surface area contributed by atoms with Gasteiger partial charge in [0.25, 0.3) is 0 Å². The Labute approximate surface area is 138 Å². The van der Waals surface area contributed by atoms with Gasteiger partial charge in [0.05, 0.1) is 17.6 Å². The first-order valence-electron chi connectivity index (χ1n) is 7.73. The van der Waals surface area contributed by atoms with Crippen molar-refractivity contribution in [3.63, 3.8) is 0 Å². The number of benzene rings is 2. The molecule has 0 aromatic heterocycles. The second kappa shape index (κ2) is 8.11. The molecule has 2 heteroatoms. The Kier molecular flexibility index (Phi) is 6.16. The number of allylic oxidation sites excluding steroid dienone is 2. The molecule has 0 N–H and O–H groups in total. The average molecular weight is 321 g/mol. The van der Waals surface area contributed by atoms with Crippen molar-refractivity contribution < 1.29 is 0 Å². The lowest BCUT2D eigenvalue weighted by molar-refractivity contribution is 1.59. The fourth-order valence-electron chi connectivity index (χ4n) is 2.45. The molecular weight excluding hydrogens is 296 g/mol. The Morgan fingerprint density at radius 3 is 1.18 bits per heavy atom. The highest BCUT2D eigenvalue weighted by atomic mass is 28.3. The van der Waals surface area contributed by atoms with E-state index in [0.717, 1.165) is 0 Å². The van der Waals surface area contributed by atoms with Gasteiger partial charge in [0, 0.05) is 0 Å². The van der Waals surface area contributed by atoms with Crippen molar-refractivity contribution in [2.45, 2.75) is 26.2 Å². The van der Waals surface area contributed by atoms with Crippen LogP contribution in [0.5, 0.6) is 0 Å². The molecule has 0 unspecified atom stereocenters. The standard InChI is InChI=1S/C20H24Si2/c1-21(2)15-19(17-11-7-5-8-12-17)20(16-22(3)4)18-13-9-6-10-14-18/h5-16H,1-4H3/b19-15+,20-16+. The smallest absolute Gasteiger partial charge is 0.0701 e. The molecule has 112 valence electrons. The summed E-state index contributed by atoms with van der Waals surface area (Å²) in [5.74, 6) is 0. The minimum Gasteiger partial charge on any atom is -0.0884 e. The summed E-state index contributed by atoms with van der Waals surface area (Å²) in [6.45, 7) is 9.39. The van der Waals surface area contributed by atoms with Crippen LogP contribution in [0.3, 0.4) is 0 Å². The maximum absolute atomic E-state index is 2.49. The molecule has 2 aromatic rings. The maximum atomic E-state index is 2.49. The zero-order valence-corrected chi connectivity index (χ0v) is 15.9. The Bertz CT molecular complexity index is 578. The van der Waals surface area contributed by atoms with Gasteiger partial charge in [0.1, 0.15) is 0 Å². The SMILES string of the molecule is C[Si](C)/C=C(/C(=C/[Si](C)C)c1ccccc1)c1ccccc1. The third-order valence-electron chi connectivity index (χ3n) is 3.33. The van der Waals surface area contributed by atoms with Crippen LogP contribution in [0.2, 0.25) is 26.2 Å². The van der Waals surface area contributed by atoms with Crippen LogP contribution in [-0.4, -0.2) is 17.6 Å². The molecule has 22 heavy (non-hydrogen) atoms. The summed E-state index contributed by atoms with van der Waals surface area (Å²) in [5, 5.41) is 0. The molecule has 0 saturated heterocycles. The first kappa shape index (κ1) is 16.7. The van der Waals surface area contributed by atoms with Gasteiger partial charge in [0.15, 0.2) is 0 Å². The molecule has 2 radical (unpaired) electrons. The minimum absolute atomic E-state index is 0.459. The monoisotopic (exact) mass is 320 g/mol. The van der Waals surface area contributed by atoms with Crippen molar-refractivity contribution in [2.75, 3.05) is 0 Å². The second-order valence-electron chi connectivity index (χ2n) is 6.00. The third-order valence-corrected chi connectivity index (χ3v) is 5.06. The van der Waals surface area contributed by atoms with Crippen LogP contribution in [-0.2, 0) is 0 Å². The molecule has 0 aliphatic carbocycles. The van der Waals surface area contributed by atoms with E-state index in [1.54, 1.807) is 0 Å². The lowest BCUT2D eigenvalue weighted by Crippen LogP contribution is -2.03. The van der Waals surface area contributed by atoms with Gasteiger partial charge in [-0.15, -0.1) is 0 Å². The van der Waals surface area contributed by atoms with E-state index < -0.39 is 17.6 Å². The largest absolute Gasteiger partial charge is 0.0884 e. The molecule has 2 aromatic carbocycles. The third kappa shape index (κ3) is 4.68. The summed E-state index contributed by atoms with van der Waals surface area (Å²) in [5.41, 5.74) is 10.4. The summed E-state index contributed by atoms with van der Waals surface area (Å²) in [6, 6.07) is 21.6. The van der Waals surface area contributed by atoms with Gasteiger partial charge >= 0.3 is 0 Å². The number of hydrogen-bond donors (Lipinski definition) is 0. The van der Waals surface area contributed by atoms with Crippen LogP contribution in [0.15, 0.2) is 72.1 Å². The summed E-state index contributed by atoms with van der Waals surface area (Å²) in [6.07, 6.45) is 0. The van der Waals surface area contributed by atoms with Crippen LogP contribution in [0.25, 0.3) is 11.1 Å². The summed E-state index contributed by atoms with van der Waals surface area (Å²) >= 11 is 0. The highest BCUT2D eigenvalue weighted by Crippen LogP contribution is 2.31. The topological polar surface area (TPSA) is 0 Å². The van der Waals surface area contributed by atoms with Crippen molar-refractivity contribution in [3.8, 4) is 0 Å². The molecule has 0 nitrogen and oxygen atoms in total. The lowest BCUT2D eigenvalue weighted by Gasteiger charge is -2.16. The van der Waals surface area contributed by atoms with Gasteiger partial charge in [-0.3, -0.25) is 0 Å². The van der Waals surface area contributed by atoms with Gasteiger partial charge in [-0.05, 0) is 22.3 Å². The molecule has 0 aliphatic heterocycles.